The minimum atomic E-state index is -3.26. The SMILES string of the molecule is CN(c1cc(C2CCC2)ccc1N)S(C)(=O)=O. The van der Waals surface area contributed by atoms with E-state index in [0.717, 1.165) is 0 Å². The van der Waals surface area contributed by atoms with Gasteiger partial charge in [-0.25, -0.2) is 8.42 Å². The van der Waals surface area contributed by atoms with Gasteiger partial charge in [0.1, 0.15) is 0 Å². The molecular formula is C12H18N2O2S. The molecule has 1 aliphatic rings. The monoisotopic (exact) mass is 254 g/mol. The highest BCUT2D eigenvalue weighted by molar-refractivity contribution is 7.92. The lowest BCUT2D eigenvalue weighted by molar-refractivity contribution is 0.420. The molecule has 0 atom stereocenters. The first-order valence-corrected chi connectivity index (χ1v) is 7.58. The van der Waals surface area contributed by atoms with Gasteiger partial charge in [-0.05, 0) is 36.5 Å². The van der Waals surface area contributed by atoms with Crippen LogP contribution in [0.1, 0.15) is 30.7 Å². The number of benzene rings is 1. The zero-order valence-corrected chi connectivity index (χ0v) is 11.0. The minimum Gasteiger partial charge on any atom is -0.397 e. The molecule has 1 saturated carbocycles. The second-order valence-corrected chi connectivity index (χ2v) is 6.69. The molecule has 0 bridgehead atoms. The molecule has 0 spiro atoms. The Morgan fingerprint density at radius 3 is 2.47 bits per heavy atom. The zero-order chi connectivity index (χ0) is 12.6. The van der Waals surface area contributed by atoms with Gasteiger partial charge in [-0.2, -0.15) is 0 Å². The molecule has 0 amide bonds. The van der Waals surface area contributed by atoms with Crippen LogP contribution in [0.25, 0.3) is 0 Å². The fraction of sp³-hybridized carbons (Fsp3) is 0.500. The van der Waals surface area contributed by atoms with E-state index < -0.39 is 10.0 Å². The first kappa shape index (κ1) is 12.2. The highest BCUT2D eigenvalue weighted by Gasteiger charge is 2.22. The maximum absolute atomic E-state index is 11.5. The lowest BCUT2D eigenvalue weighted by Crippen LogP contribution is -2.26. The Bertz CT molecular complexity index is 521. The van der Waals surface area contributed by atoms with Crippen LogP contribution < -0.4 is 10.0 Å². The minimum absolute atomic E-state index is 0.501. The normalized spacial score (nSPS) is 16.6. The van der Waals surface area contributed by atoms with E-state index in [9.17, 15) is 8.42 Å². The van der Waals surface area contributed by atoms with Gasteiger partial charge in [0.2, 0.25) is 10.0 Å². The molecule has 5 heteroatoms. The number of nitrogens with zero attached hydrogens (tertiary/aromatic N) is 1. The lowest BCUT2D eigenvalue weighted by Gasteiger charge is -2.27. The van der Waals surface area contributed by atoms with E-state index in [1.165, 1.54) is 42.4 Å². The molecule has 0 radical (unpaired) electrons. The number of nitrogen functional groups attached to an aromatic ring is 1. The van der Waals surface area contributed by atoms with Gasteiger partial charge >= 0.3 is 0 Å². The van der Waals surface area contributed by atoms with Gasteiger partial charge in [-0.15, -0.1) is 0 Å². The Labute approximate surface area is 102 Å². The average Bonchev–Trinajstić information content (AvgIpc) is 2.15. The van der Waals surface area contributed by atoms with Crippen molar-refractivity contribution in [2.24, 2.45) is 0 Å². The van der Waals surface area contributed by atoms with Crippen LogP contribution >= 0.6 is 0 Å². The van der Waals surface area contributed by atoms with E-state index in [0.29, 0.717) is 17.3 Å². The smallest absolute Gasteiger partial charge is 0.232 e. The number of hydrogen-bond acceptors (Lipinski definition) is 3. The highest BCUT2D eigenvalue weighted by Crippen LogP contribution is 2.39. The van der Waals surface area contributed by atoms with Gasteiger partial charge in [0.05, 0.1) is 17.6 Å². The van der Waals surface area contributed by atoms with Crippen molar-refractivity contribution in [2.75, 3.05) is 23.3 Å². The summed E-state index contributed by atoms with van der Waals surface area (Å²) in [7, 11) is -1.72. The van der Waals surface area contributed by atoms with Crippen molar-refractivity contribution in [2.45, 2.75) is 25.2 Å². The summed E-state index contributed by atoms with van der Waals surface area (Å²) in [4.78, 5) is 0. The Morgan fingerprint density at radius 1 is 1.35 bits per heavy atom. The maximum atomic E-state index is 11.5. The highest BCUT2D eigenvalue weighted by atomic mass is 32.2. The van der Waals surface area contributed by atoms with E-state index in [1.807, 2.05) is 12.1 Å². The maximum Gasteiger partial charge on any atom is 0.232 e. The first-order valence-electron chi connectivity index (χ1n) is 5.73. The van der Waals surface area contributed by atoms with Gasteiger partial charge in [0.25, 0.3) is 0 Å². The second kappa shape index (κ2) is 4.22. The van der Waals surface area contributed by atoms with Crippen molar-refractivity contribution in [1.29, 1.82) is 0 Å². The molecule has 2 N–H and O–H groups in total. The van der Waals surface area contributed by atoms with Gasteiger partial charge in [0.15, 0.2) is 0 Å². The third kappa shape index (κ3) is 2.39. The number of rotatable bonds is 3. The fourth-order valence-electron chi connectivity index (χ4n) is 2.01. The summed E-state index contributed by atoms with van der Waals surface area (Å²) in [5.41, 5.74) is 8.11. The van der Waals surface area contributed by atoms with Gasteiger partial charge in [-0.3, -0.25) is 4.31 Å². The third-order valence-corrected chi connectivity index (χ3v) is 4.66. The molecule has 4 nitrogen and oxygen atoms in total. The van der Waals surface area contributed by atoms with E-state index in [2.05, 4.69) is 0 Å². The van der Waals surface area contributed by atoms with Crippen LogP contribution in [0.3, 0.4) is 0 Å². The summed E-state index contributed by atoms with van der Waals surface area (Å²) in [6, 6.07) is 5.70. The average molecular weight is 254 g/mol. The van der Waals surface area contributed by atoms with Crippen molar-refractivity contribution in [3.63, 3.8) is 0 Å². The molecule has 1 aromatic rings. The summed E-state index contributed by atoms with van der Waals surface area (Å²) in [6.45, 7) is 0. The standard InChI is InChI=1S/C12H18N2O2S/c1-14(17(2,15)16)12-8-10(6-7-11(12)13)9-4-3-5-9/h6-9H,3-5,13H2,1-2H3. The quantitative estimate of drug-likeness (QED) is 0.838. The summed E-state index contributed by atoms with van der Waals surface area (Å²) in [6.07, 6.45) is 4.81. The van der Waals surface area contributed by atoms with E-state index in [-0.39, 0.29) is 0 Å². The van der Waals surface area contributed by atoms with Crippen LogP contribution in [-0.4, -0.2) is 21.7 Å². The van der Waals surface area contributed by atoms with Gasteiger partial charge in [0, 0.05) is 7.05 Å². The van der Waals surface area contributed by atoms with Gasteiger partial charge in [-0.1, -0.05) is 12.5 Å². The predicted molar refractivity (Wildman–Crippen MR) is 70.7 cm³/mol. The molecule has 0 aromatic heterocycles. The van der Waals surface area contributed by atoms with Crippen LogP contribution in [0, 0.1) is 0 Å². The summed E-state index contributed by atoms with van der Waals surface area (Å²) >= 11 is 0. The largest absolute Gasteiger partial charge is 0.397 e. The van der Waals surface area contributed by atoms with Crippen LogP contribution in [0.2, 0.25) is 0 Å². The van der Waals surface area contributed by atoms with Crippen molar-refractivity contribution in [1.82, 2.24) is 0 Å². The molecule has 1 aromatic carbocycles. The summed E-state index contributed by atoms with van der Waals surface area (Å²) in [5, 5.41) is 0. The van der Waals surface area contributed by atoms with Crippen LogP contribution in [0.15, 0.2) is 18.2 Å². The van der Waals surface area contributed by atoms with Gasteiger partial charge < -0.3 is 5.73 Å². The van der Waals surface area contributed by atoms with E-state index in [1.54, 1.807) is 6.07 Å². The molecule has 94 valence electrons. The first-order chi connectivity index (χ1) is 7.89. The van der Waals surface area contributed by atoms with Crippen LogP contribution in [0.4, 0.5) is 11.4 Å². The Hall–Kier alpha value is -1.23. The van der Waals surface area contributed by atoms with Crippen LogP contribution in [-0.2, 0) is 10.0 Å². The predicted octanol–water partition coefficient (Wildman–Crippen LogP) is 1.93. The number of hydrogen-bond donors (Lipinski definition) is 1. The molecule has 0 saturated heterocycles. The van der Waals surface area contributed by atoms with Crippen molar-refractivity contribution in [3.05, 3.63) is 23.8 Å². The summed E-state index contributed by atoms with van der Waals surface area (Å²) in [5.74, 6) is 0.572. The Balaban J connectivity index is 2.38. The molecule has 0 aliphatic heterocycles. The Morgan fingerprint density at radius 2 is 2.00 bits per heavy atom. The van der Waals surface area contributed by atoms with Crippen molar-refractivity contribution < 1.29 is 8.42 Å². The van der Waals surface area contributed by atoms with Crippen LogP contribution in [0.5, 0.6) is 0 Å². The molecule has 2 rings (SSSR count). The molecular weight excluding hydrogens is 236 g/mol. The number of anilines is 2. The molecule has 1 fully saturated rings. The third-order valence-electron chi connectivity index (χ3n) is 3.47. The summed E-state index contributed by atoms with van der Waals surface area (Å²) < 4.78 is 24.3. The fourth-order valence-corrected chi connectivity index (χ4v) is 2.52. The molecule has 1 aliphatic carbocycles. The lowest BCUT2D eigenvalue weighted by atomic mass is 9.80. The second-order valence-electron chi connectivity index (χ2n) is 4.68. The topological polar surface area (TPSA) is 63.4 Å². The molecule has 0 unspecified atom stereocenters. The van der Waals surface area contributed by atoms with Crippen molar-refractivity contribution in [3.8, 4) is 0 Å². The Kier molecular flexibility index (Phi) is 3.03. The number of sulfonamides is 1. The van der Waals surface area contributed by atoms with E-state index in [4.69, 9.17) is 5.73 Å². The molecule has 17 heavy (non-hydrogen) atoms. The number of nitrogens with two attached hydrogens (primary N) is 1. The zero-order valence-electron chi connectivity index (χ0n) is 10.2. The van der Waals surface area contributed by atoms with E-state index >= 15 is 0 Å². The molecule has 0 heterocycles. The van der Waals surface area contributed by atoms with Crippen molar-refractivity contribution >= 4 is 21.4 Å².